The summed E-state index contributed by atoms with van der Waals surface area (Å²) in [5, 5.41) is 9.72. The van der Waals surface area contributed by atoms with Crippen LogP contribution >= 0.6 is 0 Å². The van der Waals surface area contributed by atoms with Crippen molar-refractivity contribution in [3.8, 4) is 5.69 Å². The van der Waals surface area contributed by atoms with Crippen molar-refractivity contribution in [3.63, 3.8) is 0 Å². The van der Waals surface area contributed by atoms with Gasteiger partial charge in [-0.15, -0.1) is 0 Å². The fourth-order valence-corrected chi connectivity index (χ4v) is 2.83. The SMILES string of the molecule is Cc1cn(-c2ccc3n(c2=O)CCN([C@H](C)[C@@H](C)O)C3=O)cn1. The van der Waals surface area contributed by atoms with Crippen LogP contribution in [-0.4, -0.2) is 48.7 Å². The van der Waals surface area contributed by atoms with Gasteiger partial charge in [-0.25, -0.2) is 4.98 Å². The first-order chi connectivity index (χ1) is 10.9. The third kappa shape index (κ3) is 2.57. The lowest BCUT2D eigenvalue weighted by atomic mass is 10.1. The van der Waals surface area contributed by atoms with Crippen LogP contribution in [0.25, 0.3) is 5.69 Å². The van der Waals surface area contributed by atoms with E-state index >= 15 is 0 Å². The van der Waals surface area contributed by atoms with E-state index in [-0.39, 0.29) is 17.5 Å². The molecule has 3 heterocycles. The molecule has 3 rings (SSSR count). The Hall–Kier alpha value is -2.41. The molecule has 0 bridgehead atoms. The standard InChI is InChI=1S/C16H20N4O3/c1-10-8-18(9-17-10)13-4-5-14-16(23)19(11(2)12(3)21)6-7-20(14)15(13)22/h4-5,8-9,11-12,21H,6-7H2,1-3H3/t11-,12-/m1/s1. The Morgan fingerprint density at radius 1 is 1.22 bits per heavy atom. The summed E-state index contributed by atoms with van der Waals surface area (Å²) in [6, 6.07) is 3.02. The zero-order chi connectivity index (χ0) is 16.7. The number of nitrogens with zero attached hydrogens (tertiary/aromatic N) is 4. The number of amides is 1. The molecule has 2 aromatic heterocycles. The van der Waals surface area contributed by atoms with Gasteiger partial charge in [-0.3, -0.25) is 9.59 Å². The van der Waals surface area contributed by atoms with Crippen LogP contribution in [0.3, 0.4) is 0 Å². The first kappa shape index (κ1) is 15.5. The van der Waals surface area contributed by atoms with E-state index in [0.717, 1.165) is 5.69 Å². The predicted molar refractivity (Wildman–Crippen MR) is 84.7 cm³/mol. The Bertz CT molecular complexity index is 806. The molecule has 0 aliphatic carbocycles. The predicted octanol–water partition coefficient (Wildman–Crippen LogP) is 0.568. The van der Waals surface area contributed by atoms with Gasteiger partial charge >= 0.3 is 0 Å². The molecule has 1 aliphatic rings. The first-order valence-electron chi connectivity index (χ1n) is 7.64. The van der Waals surface area contributed by atoms with Crippen LogP contribution in [0.15, 0.2) is 29.5 Å². The lowest BCUT2D eigenvalue weighted by Crippen LogP contribution is -2.51. The number of imidazole rings is 1. The zero-order valence-corrected chi connectivity index (χ0v) is 13.4. The molecular formula is C16H20N4O3. The zero-order valence-electron chi connectivity index (χ0n) is 13.4. The third-order valence-electron chi connectivity index (χ3n) is 4.38. The average Bonchev–Trinajstić information content (AvgIpc) is 2.94. The van der Waals surface area contributed by atoms with Gasteiger partial charge in [-0.1, -0.05) is 0 Å². The summed E-state index contributed by atoms with van der Waals surface area (Å²) in [6.45, 7) is 6.14. The van der Waals surface area contributed by atoms with Gasteiger partial charge in [0.1, 0.15) is 11.4 Å². The molecule has 122 valence electrons. The van der Waals surface area contributed by atoms with E-state index in [9.17, 15) is 14.7 Å². The van der Waals surface area contributed by atoms with Crippen LogP contribution in [0.2, 0.25) is 0 Å². The summed E-state index contributed by atoms with van der Waals surface area (Å²) >= 11 is 0. The minimum absolute atomic E-state index is 0.211. The second-order valence-corrected chi connectivity index (χ2v) is 5.96. The van der Waals surface area contributed by atoms with Crippen LogP contribution < -0.4 is 5.56 Å². The number of carbonyl (C=O) groups excluding carboxylic acids is 1. The van der Waals surface area contributed by atoms with Gasteiger partial charge in [0.25, 0.3) is 11.5 Å². The Balaban J connectivity index is 2.02. The van der Waals surface area contributed by atoms with E-state index < -0.39 is 6.10 Å². The van der Waals surface area contributed by atoms with Gasteiger partial charge < -0.3 is 19.1 Å². The van der Waals surface area contributed by atoms with Gasteiger partial charge in [0.2, 0.25) is 0 Å². The van der Waals surface area contributed by atoms with Gasteiger partial charge in [0.15, 0.2) is 0 Å². The summed E-state index contributed by atoms with van der Waals surface area (Å²) < 4.78 is 3.17. The molecule has 1 amide bonds. The molecule has 0 fully saturated rings. The smallest absolute Gasteiger partial charge is 0.275 e. The molecule has 0 radical (unpaired) electrons. The number of aryl methyl sites for hydroxylation is 1. The highest BCUT2D eigenvalue weighted by atomic mass is 16.3. The highest BCUT2D eigenvalue weighted by Gasteiger charge is 2.30. The molecule has 0 saturated carbocycles. The Morgan fingerprint density at radius 2 is 1.96 bits per heavy atom. The van der Waals surface area contributed by atoms with Crippen molar-refractivity contribution in [2.45, 2.75) is 39.5 Å². The summed E-state index contributed by atoms with van der Waals surface area (Å²) in [4.78, 5) is 31.0. The van der Waals surface area contributed by atoms with E-state index in [1.807, 2.05) is 6.92 Å². The number of carbonyl (C=O) groups is 1. The lowest BCUT2D eigenvalue weighted by molar-refractivity contribution is 0.0390. The number of aliphatic hydroxyl groups is 1. The van der Waals surface area contributed by atoms with Crippen molar-refractivity contribution in [1.82, 2.24) is 19.0 Å². The third-order valence-corrected chi connectivity index (χ3v) is 4.38. The highest BCUT2D eigenvalue weighted by molar-refractivity contribution is 5.93. The number of hydrogen-bond acceptors (Lipinski definition) is 4. The molecule has 1 aliphatic heterocycles. The number of rotatable bonds is 3. The minimum atomic E-state index is -0.620. The van der Waals surface area contributed by atoms with Crippen LogP contribution in [0.1, 0.15) is 30.0 Å². The van der Waals surface area contributed by atoms with Crippen LogP contribution in [-0.2, 0) is 6.54 Å². The average molecular weight is 316 g/mol. The van der Waals surface area contributed by atoms with Gasteiger partial charge in [-0.2, -0.15) is 0 Å². The van der Waals surface area contributed by atoms with Crippen molar-refractivity contribution in [2.75, 3.05) is 6.54 Å². The fraction of sp³-hybridized carbons (Fsp3) is 0.438. The second kappa shape index (κ2) is 5.66. The molecule has 0 aromatic carbocycles. The quantitative estimate of drug-likeness (QED) is 0.897. The number of hydrogen-bond donors (Lipinski definition) is 1. The normalized spacial score (nSPS) is 17.0. The molecule has 2 aromatic rings. The minimum Gasteiger partial charge on any atom is -0.391 e. The Labute approximate surface area is 133 Å². The van der Waals surface area contributed by atoms with Gasteiger partial charge in [0, 0.05) is 19.3 Å². The number of pyridine rings is 1. The van der Waals surface area contributed by atoms with Crippen LogP contribution in [0, 0.1) is 6.92 Å². The van der Waals surface area contributed by atoms with Crippen molar-refractivity contribution >= 4 is 5.91 Å². The second-order valence-electron chi connectivity index (χ2n) is 5.96. The van der Waals surface area contributed by atoms with Crippen LogP contribution in [0.5, 0.6) is 0 Å². The Morgan fingerprint density at radius 3 is 2.57 bits per heavy atom. The van der Waals surface area contributed by atoms with Crippen molar-refractivity contribution in [3.05, 3.63) is 46.4 Å². The molecule has 7 heteroatoms. The fourth-order valence-electron chi connectivity index (χ4n) is 2.83. The summed E-state index contributed by atoms with van der Waals surface area (Å²) in [5.41, 5.74) is 1.44. The van der Waals surface area contributed by atoms with Crippen molar-refractivity contribution in [2.24, 2.45) is 0 Å². The van der Waals surface area contributed by atoms with E-state index in [1.54, 1.807) is 48.0 Å². The first-order valence-corrected chi connectivity index (χ1v) is 7.64. The van der Waals surface area contributed by atoms with Gasteiger partial charge in [0.05, 0.1) is 24.2 Å². The number of aromatic nitrogens is 3. The lowest BCUT2D eigenvalue weighted by Gasteiger charge is -2.35. The summed E-state index contributed by atoms with van der Waals surface area (Å²) in [7, 11) is 0. The molecule has 23 heavy (non-hydrogen) atoms. The molecule has 0 unspecified atom stereocenters. The van der Waals surface area contributed by atoms with E-state index in [0.29, 0.717) is 24.5 Å². The van der Waals surface area contributed by atoms with E-state index in [2.05, 4.69) is 4.98 Å². The van der Waals surface area contributed by atoms with Crippen molar-refractivity contribution in [1.29, 1.82) is 0 Å². The molecule has 0 spiro atoms. The summed E-state index contributed by atoms with van der Waals surface area (Å²) in [5.74, 6) is -0.227. The molecular weight excluding hydrogens is 296 g/mol. The monoisotopic (exact) mass is 316 g/mol. The largest absolute Gasteiger partial charge is 0.391 e. The molecule has 7 nitrogen and oxygen atoms in total. The molecule has 2 atom stereocenters. The molecule has 1 N–H and O–H groups in total. The maximum atomic E-state index is 12.7. The topological polar surface area (TPSA) is 80.4 Å². The number of fused-ring (bicyclic) bond motifs is 1. The van der Waals surface area contributed by atoms with Crippen LogP contribution in [0.4, 0.5) is 0 Å². The maximum Gasteiger partial charge on any atom is 0.275 e. The van der Waals surface area contributed by atoms with Gasteiger partial charge in [-0.05, 0) is 32.9 Å². The summed E-state index contributed by atoms with van der Waals surface area (Å²) in [6.07, 6.45) is 2.74. The Kier molecular flexibility index (Phi) is 3.81. The van der Waals surface area contributed by atoms with Crippen molar-refractivity contribution < 1.29 is 9.90 Å². The van der Waals surface area contributed by atoms with E-state index in [1.165, 1.54) is 4.57 Å². The highest BCUT2D eigenvalue weighted by Crippen LogP contribution is 2.16. The maximum absolute atomic E-state index is 12.7. The van der Waals surface area contributed by atoms with E-state index in [4.69, 9.17) is 0 Å². The number of aliphatic hydroxyl groups excluding tert-OH is 1. The molecule has 0 saturated heterocycles.